The predicted octanol–water partition coefficient (Wildman–Crippen LogP) is 4.25. The number of benzene rings is 2. The highest BCUT2D eigenvalue weighted by atomic mass is 35.5. The van der Waals surface area contributed by atoms with Gasteiger partial charge in [-0.05, 0) is 55.0 Å². The van der Waals surface area contributed by atoms with E-state index in [1.165, 1.54) is 12.3 Å². The largest absolute Gasteiger partial charge is 0.504 e. The van der Waals surface area contributed by atoms with Crippen molar-refractivity contribution in [3.63, 3.8) is 0 Å². The van der Waals surface area contributed by atoms with Gasteiger partial charge < -0.3 is 9.84 Å². The van der Waals surface area contributed by atoms with Gasteiger partial charge in [0.05, 0.1) is 23.5 Å². The zero-order chi connectivity index (χ0) is 20.1. The van der Waals surface area contributed by atoms with Gasteiger partial charge in [0.1, 0.15) is 5.69 Å². The molecule has 0 aliphatic heterocycles. The van der Waals surface area contributed by atoms with Crippen molar-refractivity contribution >= 4 is 35.3 Å². The number of nitrogens with zero attached hydrogens (tertiary/aromatic N) is 2. The van der Waals surface area contributed by atoms with Crippen LogP contribution in [-0.2, 0) is 0 Å². The number of rotatable bonds is 6. The first-order valence-corrected chi connectivity index (χ1v) is 9.03. The molecule has 3 N–H and O–H groups in total. The third-order valence-electron chi connectivity index (χ3n) is 3.69. The average molecular weight is 419 g/mol. The molecule has 9 heteroatoms. The topological polar surface area (TPSA) is 99.6 Å². The highest BCUT2D eigenvalue weighted by Gasteiger charge is 2.13. The van der Waals surface area contributed by atoms with Crippen LogP contribution in [0.25, 0.3) is 11.3 Å². The monoisotopic (exact) mass is 418 g/mol. The van der Waals surface area contributed by atoms with Crippen LogP contribution in [0, 0.1) is 0 Å². The van der Waals surface area contributed by atoms with Crippen LogP contribution in [0.5, 0.6) is 11.5 Å². The lowest BCUT2D eigenvalue weighted by molar-refractivity contribution is 0.0950. The third kappa shape index (κ3) is 4.62. The van der Waals surface area contributed by atoms with E-state index in [0.717, 1.165) is 0 Å². The molecule has 0 saturated carbocycles. The van der Waals surface area contributed by atoms with Crippen LogP contribution in [0.2, 0.25) is 10.0 Å². The summed E-state index contributed by atoms with van der Waals surface area (Å²) in [6.07, 6.45) is 1.44. The molecule has 3 aromatic rings. The first-order valence-electron chi connectivity index (χ1n) is 8.28. The van der Waals surface area contributed by atoms with Crippen LogP contribution in [-0.4, -0.2) is 34.0 Å². The number of ether oxygens (including phenoxy) is 1. The summed E-state index contributed by atoms with van der Waals surface area (Å²) in [5.74, 6) is -0.0892. The molecule has 0 atom stereocenters. The molecule has 7 nitrogen and oxygen atoms in total. The van der Waals surface area contributed by atoms with E-state index >= 15 is 0 Å². The first-order chi connectivity index (χ1) is 13.5. The number of phenolic OH excluding ortho intramolecular Hbond substituents is 1. The number of aromatic hydroxyl groups is 1. The van der Waals surface area contributed by atoms with E-state index in [4.69, 9.17) is 27.9 Å². The van der Waals surface area contributed by atoms with Gasteiger partial charge in [-0.25, -0.2) is 5.43 Å². The van der Waals surface area contributed by atoms with Crippen molar-refractivity contribution in [2.45, 2.75) is 6.92 Å². The molecule has 0 saturated heterocycles. The number of H-pyrrole nitrogens is 1. The van der Waals surface area contributed by atoms with E-state index in [0.29, 0.717) is 39.2 Å². The van der Waals surface area contributed by atoms with Gasteiger partial charge in [0.2, 0.25) is 0 Å². The Morgan fingerprint density at radius 3 is 2.86 bits per heavy atom. The number of halogens is 2. The Labute approximate surface area is 170 Å². The van der Waals surface area contributed by atoms with Crippen LogP contribution in [0.1, 0.15) is 23.0 Å². The summed E-state index contributed by atoms with van der Waals surface area (Å²) in [7, 11) is 0. The zero-order valence-corrected chi connectivity index (χ0v) is 16.3. The van der Waals surface area contributed by atoms with Gasteiger partial charge in [0, 0.05) is 10.6 Å². The van der Waals surface area contributed by atoms with Crippen LogP contribution in [0.15, 0.2) is 47.6 Å². The summed E-state index contributed by atoms with van der Waals surface area (Å²) in [5, 5.41) is 21.3. The SMILES string of the molecule is CCOc1cc(C=NNC(=O)c2cc(-c3ccc(Cl)cc3Cl)n[nH]2)ccc1O. The summed E-state index contributed by atoms with van der Waals surface area (Å²) >= 11 is 12.0. The number of hydrogen-bond donors (Lipinski definition) is 3. The fraction of sp³-hybridized carbons (Fsp3) is 0.105. The van der Waals surface area contributed by atoms with Gasteiger partial charge >= 0.3 is 0 Å². The molecule has 0 spiro atoms. The van der Waals surface area contributed by atoms with Gasteiger partial charge in [0.25, 0.3) is 5.91 Å². The van der Waals surface area contributed by atoms with Crippen molar-refractivity contribution in [2.24, 2.45) is 5.10 Å². The highest BCUT2D eigenvalue weighted by molar-refractivity contribution is 6.36. The molecule has 0 unspecified atom stereocenters. The van der Waals surface area contributed by atoms with Gasteiger partial charge in [0.15, 0.2) is 11.5 Å². The number of carbonyl (C=O) groups excluding carboxylic acids is 1. The van der Waals surface area contributed by atoms with E-state index < -0.39 is 5.91 Å². The normalized spacial score (nSPS) is 11.0. The maximum atomic E-state index is 12.2. The quantitative estimate of drug-likeness (QED) is 0.411. The maximum Gasteiger partial charge on any atom is 0.289 e. The summed E-state index contributed by atoms with van der Waals surface area (Å²) in [6.45, 7) is 2.24. The van der Waals surface area contributed by atoms with E-state index in [-0.39, 0.29) is 11.4 Å². The molecule has 0 aliphatic rings. The molecule has 28 heavy (non-hydrogen) atoms. The number of amides is 1. The minimum absolute atomic E-state index is 0.0360. The zero-order valence-electron chi connectivity index (χ0n) is 14.7. The number of aromatic nitrogens is 2. The lowest BCUT2D eigenvalue weighted by atomic mass is 10.1. The van der Waals surface area contributed by atoms with Crippen molar-refractivity contribution in [1.29, 1.82) is 0 Å². The second kappa shape index (κ2) is 8.77. The molecular weight excluding hydrogens is 403 g/mol. The van der Waals surface area contributed by atoms with Gasteiger partial charge in [-0.3, -0.25) is 9.89 Å². The average Bonchev–Trinajstić information content (AvgIpc) is 3.14. The molecule has 3 rings (SSSR count). The third-order valence-corrected chi connectivity index (χ3v) is 4.24. The van der Waals surface area contributed by atoms with Crippen molar-refractivity contribution in [1.82, 2.24) is 15.6 Å². The second-order valence-corrected chi connectivity index (χ2v) is 6.49. The lowest BCUT2D eigenvalue weighted by Crippen LogP contribution is -2.18. The Balaban J connectivity index is 1.68. The van der Waals surface area contributed by atoms with Crippen LogP contribution < -0.4 is 10.2 Å². The molecule has 1 amide bonds. The Morgan fingerprint density at radius 2 is 2.11 bits per heavy atom. The fourth-order valence-corrected chi connectivity index (χ4v) is 2.89. The van der Waals surface area contributed by atoms with Gasteiger partial charge in [-0.2, -0.15) is 10.2 Å². The Bertz CT molecular complexity index is 1030. The Morgan fingerprint density at radius 1 is 1.29 bits per heavy atom. The molecule has 0 aliphatic carbocycles. The van der Waals surface area contributed by atoms with Crippen molar-refractivity contribution in [3.05, 3.63) is 63.8 Å². The summed E-state index contributed by atoms with van der Waals surface area (Å²) in [6, 6.07) is 11.3. The maximum absolute atomic E-state index is 12.2. The summed E-state index contributed by atoms with van der Waals surface area (Å²) < 4.78 is 5.30. The Hall–Kier alpha value is -3.03. The molecule has 0 bridgehead atoms. The summed E-state index contributed by atoms with van der Waals surface area (Å²) in [4.78, 5) is 12.2. The van der Waals surface area contributed by atoms with Gasteiger partial charge in [-0.15, -0.1) is 0 Å². The van der Waals surface area contributed by atoms with Crippen LogP contribution in [0.3, 0.4) is 0 Å². The number of aromatic amines is 1. The van der Waals surface area contributed by atoms with Crippen molar-refractivity contribution < 1.29 is 14.6 Å². The lowest BCUT2D eigenvalue weighted by Gasteiger charge is -2.05. The van der Waals surface area contributed by atoms with Crippen molar-refractivity contribution in [2.75, 3.05) is 6.61 Å². The summed E-state index contributed by atoms with van der Waals surface area (Å²) in [5.41, 5.74) is 4.44. The van der Waals surface area contributed by atoms with Gasteiger partial charge in [-0.1, -0.05) is 23.2 Å². The molecule has 0 fully saturated rings. The molecular formula is C19H16Cl2N4O3. The second-order valence-electron chi connectivity index (χ2n) is 5.65. The molecule has 2 aromatic carbocycles. The molecule has 144 valence electrons. The van der Waals surface area contributed by atoms with Crippen LogP contribution >= 0.6 is 23.2 Å². The number of hydrogen-bond acceptors (Lipinski definition) is 5. The first kappa shape index (κ1) is 19.7. The van der Waals surface area contributed by atoms with E-state index in [2.05, 4.69) is 20.7 Å². The minimum Gasteiger partial charge on any atom is -0.504 e. The number of nitrogens with one attached hydrogen (secondary N) is 2. The number of phenols is 1. The number of carbonyl (C=O) groups is 1. The molecule has 1 heterocycles. The molecule has 1 aromatic heterocycles. The smallest absolute Gasteiger partial charge is 0.289 e. The van der Waals surface area contributed by atoms with E-state index in [1.54, 1.807) is 36.4 Å². The van der Waals surface area contributed by atoms with E-state index in [1.807, 2.05) is 6.92 Å². The fourth-order valence-electron chi connectivity index (χ4n) is 2.38. The highest BCUT2D eigenvalue weighted by Crippen LogP contribution is 2.29. The Kier molecular flexibility index (Phi) is 6.18. The van der Waals surface area contributed by atoms with Crippen LogP contribution in [0.4, 0.5) is 0 Å². The van der Waals surface area contributed by atoms with E-state index in [9.17, 15) is 9.90 Å². The standard InChI is InChI=1S/C19H16Cl2N4O3/c1-2-28-18-7-11(3-6-17(18)26)10-22-25-19(27)16-9-15(23-24-16)13-5-4-12(20)8-14(13)21/h3-10,26H,2H2,1H3,(H,23,24)(H,25,27). The van der Waals surface area contributed by atoms with Crippen molar-refractivity contribution in [3.8, 4) is 22.8 Å². The predicted molar refractivity (Wildman–Crippen MR) is 108 cm³/mol. The minimum atomic E-state index is -0.469. The number of hydrazone groups is 1. The molecule has 0 radical (unpaired) electrons.